The summed E-state index contributed by atoms with van der Waals surface area (Å²) in [4.78, 5) is 4.13. The Morgan fingerprint density at radius 2 is 1.58 bits per heavy atom. The largest absolute Gasteiger partial charge is 0.493 e. The third kappa shape index (κ3) is 3.10. The fourth-order valence-corrected chi connectivity index (χ4v) is 4.17. The van der Waals surface area contributed by atoms with Gasteiger partial charge in [-0.3, -0.25) is 4.98 Å². The first-order valence-corrected chi connectivity index (χ1v) is 8.92. The Morgan fingerprint density at radius 1 is 1.00 bits per heavy atom. The highest BCUT2D eigenvalue weighted by Crippen LogP contribution is 2.53. The monoisotopic (exact) mass is 376 g/mol. The van der Waals surface area contributed by atoms with Crippen LogP contribution in [0.15, 0.2) is 36.7 Å². The number of hydrogen-bond acceptors (Lipinski definition) is 5. The molecule has 5 nitrogen and oxygen atoms in total. The van der Waals surface area contributed by atoms with E-state index >= 15 is 0 Å². The normalized spacial score (nSPS) is 22.2. The molecule has 0 saturated carbocycles. The Bertz CT molecular complexity index is 742. The van der Waals surface area contributed by atoms with Gasteiger partial charge in [0, 0.05) is 23.9 Å². The molecule has 1 fully saturated rings. The minimum Gasteiger partial charge on any atom is -0.493 e. The van der Waals surface area contributed by atoms with Crippen molar-refractivity contribution < 1.29 is 14.2 Å². The van der Waals surface area contributed by atoms with Crippen LogP contribution in [0.4, 0.5) is 0 Å². The first-order chi connectivity index (χ1) is 12.4. The molecule has 2 aromatic rings. The van der Waals surface area contributed by atoms with Crippen LogP contribution in [0.1, 0.15) is 43.4 Å². The van der Waals surface area contributed by atoms with Gasteiger partial charge >= 0.3 is 0 Å². The van der Waals surface area contributed by atoms with E-state index in [1.54, 1.807) is 21.3 Å². The van der Waals surface area contributed by atoms with Gasteiger partial charge in [0.15, 0.2) is 11.5 Å². The van der Waals surface area contributed by atoms with E-state index < -0.39 is 0 Å². The second kappa shape index (κ2) is 7.33. The van der Waals surface area contributed by atoms with Crippen LogP contribution in [0.5, 0.6) is 17.2 Å². The van der Waals surface area contributed by atoms with Gasteiger partial charge in [-0.15, -0.1) is 0 Å². The molecule has 1 aliphatic heterocycles. The van der Waals surface area contributed by atoms with E-state index in [9.17, 15) is 0 Å². The molecule has 1 aliphatic rings. The van der Waals surface area contributed by atoms with Gasteiger partial charge in [-0.25, -0.2) is 4.42 Å². The minimum atomic E-state index is -0.214. The third-order valence-corrected chi connectivity index (χ3v) is 5.99. The zero-order valence-corrected chi connectivity index (χ0v) is 16.6. The van der Waals surface area contributed by atoms with Gasteiger partial charge in [-0.1, -0.05) is 0 Å². The lowest BCUT2D eigenvalue weighted by molar-refractivity contribution is 0.243. The Kier molecular flexibility index (Phi) is 5.30. The van der Waals surface area contributed by atoms with Crippen molar-refractivity contribution in [2.75, 3.05) is 21.3 Å². The molecule has 1 aromatic carbocycles. The second-order valence-corrected chi connectivity index (χ2v) is 7.37. The summed E-state index contributed by atoms with van der Waals surface area (Å²) >= 11 is 6.82. The van der Waals surface area contributed by atoms with Crippen LogP contribution in [-0.2, 0) is 0 Å². The first kappa shape index (κ1) is 18.8. The van der Waals surface area contributed by atoms with Gasteiger partial charge in [0.2, 0.25) is 5.75 Å². The summed E-state index contributed by atoms with van der Waals surface area (Å²) in [7, 11) is 4.85. The van der Waals surface area contributed by atoms with Crippen LogP contribution in [0, 0.1) is 0 Å². The summed E-state index contributed by atoms with van der Waals surface area (Å²) in [5.74, 6) is 2.14. The van der Waals surface area contributed by atoms with Crippen molar-refractivity contribution in [2.24, 2.45) is 0 Å². The molecule has 0 bridgehead atoms. The standard InChI is InChI=1S/C20H25ClN2O3/c1-20(2)15(13-6-8-22-9-7-13)12-16(23(20)21)14-10-17(24-3)19(26-5)18(11-14)25-4/h6-11,15-16H,12H2,1-5H3. The van der Waals surface area contributed by atoms with Gasteiger partial charge in [0.25, 0.3) is 0 Å². The van der Waals surface area contributed by atoms with E-state index in [0.29, 0.717) is 17.2 Å². The van der Waals surface area contributed by atoms with E-state index in [1.807, 2.05) is 28.9 Å². The van der Waals surface area contributed by atoms with Gasteiger partial charge < -0.3 is 14.2 Å². The lowest BCUT2D eigenvalue weighted by Gasteiger charge is -2.33. The maximum Gasteiger partial charge on any atom is 0.203 e. The molecule has 3 rings (SSSR count). The maximum atomic E-state index is 6.82. The van der Waals surface area contributed by atoms with Crippen LogP contribution in [0.3, 0.4) is 0 Å². The third-order valence-electron chi connectivity index (χ3n) is 5.32. The Labute approximate surface area is 160 Å². The molecular formula is C20H25ClN2O3. The Morgan fingerprint density at radius 3 is 2.08 bits per heavy atom. The topological polar surface area (TPSA) is 43.8 Å². The van der Waals surface area contributed by atoms with Crippen LogP contribution in [0.25, 0.3) is 0 Å². The van der Waals surface area contributed by atoms with Crippen LogP contribution in [0.2, 0.25) is 0 Å². The summed E-state index contributed by atoms with van der Waals surface area (Å²) in [6, 6.07) is 8.11. The van der Waals surface area contributed by atoms with Crippen LogP contribution < -0.4 is 14.2 Å². The summed E-state index contributed by atoms with van der Waals surface area (Å²) < 4.78 is 18.4. The van der Waals surface area contributed by atoms with Crippen molar-refractivity contribution in [2.45, 2.75) is 37.8 Å². The number of aromatic nitrogens is 1. The first-order valence-electron chi connectivity index (χ1n) is 8.59. The lowest BCUT2D eigenvalue weighted by Crippen LogP contribution is -2.36. The van der Waals surface area contributed by atoms with Crippen molar-refractivity contribution in [3.05, 3.63) is 47.8 Å². The van der Waals surface area contributed by atoms with E-state index in [1.165, 1.54) is 5.56 Å². The van der Waals surface area contributed by atoms with Crippen molar-refractivity contribution in [3.63, 3.8) is 0 Å². The molecule has 0 radical (unpaired) electrons. The number of ether oxygens (including phenoxy) is 3. The summed E-state index contributed by atoms with van der Waals surface area (Å²) in [6.45, 7) is 4.34. The average molecular weight is 377 g/mol. The zero-order chi connectivity index (χ0) is 18.9. The minimum absolute atomic E-state index is 0.0264. The summed E-state index contributed by atoms with van der Waals surface area (Å²) in [5, 5.41) is 0. The van der Waals surface area contributed by atoms with Crippen molar-refractivity contribution in [3.8, 4) is 17.2 Å². The molecule has 26 heavy (non-hydrogen) atoms. The van der Waals surface area contributed by atoms with Gasteiger partial charge in [0.1, 0.15) is 0 Å². The second-order valence-electron chi connectivity index (χ2n) is 7.01. The smallest absolute Gasteiger partial charge is 0.203 e. The highest BCUT2D eigenvalue weighted by molar-refractivity contribution is 6.14. The number of pyridine rings is 1. The average Bonchev–Trinajstić information content (AvgIpc) is 2.91. The molecule has 1 aromatic heterocycles. The molecule has 2 unspecified atom stereocenters. The predicted molar refractivity (Wildman–Crippen MR) is 102 cm³/mol. The SMILES string of the molecule is COc1cc(C2CC(c3ccncc3)C(C)(C)N2Cl)cc(OC)c1OC. The number of rotatable bonds is 5. The van der Waals surface area contributed by atoms with Crippen molar-refractivity contribution in [1.82, 2.24) is 9.40 Å². The molecule has 1 saturated heterocycles. The molecular weight excluding hydrogens is 352 g/mol. The quantitative estimate of drug-likeness (QED) is 0.715. The molecule has 0 aliphatic carbocycles. The fraction of sp³-hybridized carbons (Fsp3) is 0.450. The van der Waals surface area contributed by atoms with Crippen molar-refractivity contribution in [1.29, 1.82) is 0 Å². The predicted octanol–water partition coefficient (Wildman–Crippen LogP) is 4.57. The van der Waals surface area contributed by atoms with Crippen molar-refractivity contribution >= 4 is 11.8 Å². The number of benzene rings is 1. The summed E-state index contributed by atoms with van der Waals surface area (Å²) in [5.41, 5.74) is 2.07. The fourth-order valence-electron chi connectivity index (χ4n) is 3.86. The number of methoxy groups -OCH3 is 3. The van der Waals surface area contributed by atoms with Gasteiger partial charge in [-0.2, -0.15) is 0 Å². The Balaban J connectivity index is 2.02. The highest BCUT2D eigenvalue weighted by Gasteiger charge is 2.48. The number of halogens is 1. The van der Waals surface area contributed by atoms with Crippen LogP contribution in [-0.4, -0.2) is 36.3 Å². The molecule has 2 heterocycles. The van der Waals surface area contributed by atoms with E-state index in [2.05, 4.69) is 31.0 Å². The van der Waals surface area contributed by atoms with Gasteiger partial charge in [0.05, 0.1) is 27.4 Å². The lowest BCUT2D eigenvalue weighted by atomic mass is 9.83. The highest BCUT2D eigenvalue weighted by atomic mass is 35.5. The summed E-state index contributed by atoms with van der Waals surface area (Å²) in [6.07, 6.45) is 4.55. The van der Waals surface area contributed by atoms with E-state index in [0.717, 1.165) is 12.0 Å². The molecule has 2 atom stereocenters. The van der Waals surface area contributed by atoms with E-state index in [-0.39, 0.29) is 17.5 Å². The number of nitrogens with zero attached hydrogens (tertiary/aromatic N) is 2. The number of hydrogen-bond donors (Lipinski definition) is 0. The van der Waals surface area contributed by atoms with Crippen LogP contribution >= 0.6 is 11.8 Å². The Hall–Kier alpha value is -1.98. The molecule has 140 valence electrons. The maximum absolute atomic E-state index is 6.82. The molecule has 0 amide bonds. The molecule has 6 heteroatoms. The zero-order valence-electron chi connectivity index (χ0n) is 15.8. The molecule has 0 N–H and O–H groups in total. The van der Waals surface area contributed by atoms with Gasteiger partial charge in [-0.05, 0) is 67.4 Å². The molecule has 0 spiro atoms. The van der Waals surface area contributed by atoms with E-state index in [4.69, 9.17) is 26.0 Å².